The number of nitrogens with zero attached hydrogens (tertiary/aromatic N) is 3. The van der Waals surface area contributed by atoms with E-state index in [0.29, 0.717) is 17.3 Å². The maximum absolute atomic E-state index is 13.7. The van der Waals surface area contributed by atoms with Crippen LogP contribution in [0, 0.1) is 6.92 Å². The molecule has 1 atom stereocenters. The molecule has 28 heavy (non-hydrogen) atoms. The third-order valence-corrected chi connectivity index (χ3v) is 5.02. The van der Waals surface area contributed by atoms with E-state index < -0.39 is 35.4 Å². The maximum atomic E-state index is 13.7. The molecule has 7 nitrogen and oxygen atoms in total. The van der Waals surface area contributed by atoms with Crippen LogP contribution in [0.25, 0.3) is 0 Å². The Kier molecular flexibility index (Phi) is 5.06. The van der Waals surface area contributed by atoms with Crippen LogP contribution in [0.5, 0.6) is 0 Å². The summed E-state index contributed by atoms with van der Waals surface area (Å²) < 4.78 is 45.4. The molecule has 1 N–H and O–H groups in total. The molecule has 0 bridgehead atoms. The normalized spacial score (nSPS) is 23.9. The van der Waals surface area contributed by atoms with Crippen molar-refractivity contribution >= 4 is 34.5 Å². The number of rotatable bonds is 2. The predicted molar refractivity (Wildman–Crippen MR) is 95.3 cm³/mol. The number of amides is 1. The lowest BCUT2D eigenvalue weighted by Crippen LogP contribution is -2.56. The van der Waals surface area contributed by atoms with Gasteiger partial charge in [-0.2, -0.15) is 28.3 Å². The number of hydrogen-bond donors (Lipinski definition) is 1. The van der Waals surface area contributed by atoms with Gasteiger partial charge in [-0.1, -0.05) is 29.8 Å². The fourth-order valence-electron chi connectivity index (χ4n) is 2.53. The van der Waals surface area contributed by atoms with E-state index in [9.17, 15) is 27.9 Å². The standard InChI is InChI=1S/C17H14F3N3O4S/c1-9-3-5-10(6-4-9)11-8-16(26,17(18,19)20)23(22-11)15-21-14(25)12(28-15)7-13(24)27-2/h3-7,26H,8H2,1-2H3. The first-order valence-electron chi connectivity index (χ1n) is 7.89. The van der Waals surface area contributed by atoms with Crippen molar-refractivity contribution < 1.29 is 32.6 Å². The summed E-state index contributed by atoms with van der Waals surface area (Å²) in [5, 5.41) is 14.1. The zero-order valence-corrected chi connectivity index (χ0v) is 15.5. The summed E-state index contributed by atoms with van der Waals surface area (Å²) in [6.07, 6.45) is -5.11. The largest absolute Gasteiger partial charge is 0.466 e. The van der Waals surface area contributed by atoms with Gasteiger partial charge in [0.15, 0.2) is 5.17 Å². The van der Waals surface area contributed by atoms with Crippen LogP contribution >= 0.6 is 11.8 Å². The molecule has 2 aliphatic rings. The van der Waals surface area contributed by atoms with E-state index in [1.807, 2.05) is 6.92 Å². The molecule has 2 heterocycles. The van der Waals surface area contributed by atoms with E-state index in [0.717, 1.165) is 18.7 Å². The van der Waals surface area contributed by atoms with Crippen LogP contribution in [-0.2, 0) is 14.3 Å². The minimum atomic E-state index is -5.08. The Morgan fingerprint density at radius 2 is 2.00 bits per heavy atom. The van der Waals surface area contributed by atoms with Gasteiger partial charge in [-0.05, 0) is 24.2 Å². The highest BCUT2D eigenvalue weighted by Gasteiger charge is 2.63. The van der Waals surface area contributed by atoms with Crippen molar-refractivity contribution in [2.45, 2.75) is 25.2 Å². The van der Waals surface area contributed by atoms with Gasteiger partial charge < -0.3 is 9.84 Å². The molecule has 2 aliphatic heterocycles. The molecule has 1 unspecified atom stereocenters. The first-order chi connectivity index (χ1) is 13.0. The minimum Gasteiger partial charge on any atom is -0.466 e. The number of hydrazone groups is 1. The fourth-order valence-corrected chi connectivity index (χ4v) is 3.42. The molecule has 1 amide bonds. The van der Waals surface area contributed by atoms with E-state index in [1.54, 1.807) is 24.3 Å². The van der Waals surface area contributed by atoms with Gasteiger partial charge in [0.1, 0.15) is 0 Å². The third kappa shape index (κ3) is 3.54. The van der Waals surface area contributed by atoms with Crippen LogP contribution in [0.3, 0.4) is 0 Å². The number of thioether (sulfide) groups is 1. The van der Waals surface area contributed by atoms with Gasteiger partial charge in [0.25, 0.3) is 11.6 Å². The summed E-state index contributed by atoms with van der Waals surface area (Å²) in [7, 11) is 1.09. The summed E-state index contributed by atoms with van der Waals surface area (Å²) in [6, 6.07) is 6.59. The number of hydrogen-bond acceptors (Lipinski definition) is 7. The number of aryl methyl sites for hydroxylation is 1. The van der Waals surface area contributed by atoms with Crippen molar-refractivity contribution in [3.8, 4) is 0 Å². The van der Waals surface area contributed by atoms with Crippen molar-refractivity contribution in [2.75, 3.05) is 7.11 Å². The minimum absolute atomic E-state index is 0.0130. The van der Waals surface area contributed by atoms with Gasteiger partial charge in [-0.3, -0.25) is 4.79 Å². The molecule has 0 saturated heterocycles. The third-order valence-electron chi connectivity index (χ3n) is 4.06. The number of ether oxygens (including phenoxy) is 1. The Morgan fingerprint density at radius 3 is 2.57 bits per heavy atom. The molecule has 0 spiro atoms. The van der Waals surface area contributed by atoms with E-state index in [2.05, 4.69) is 14.8 Å². The van der Waals surface area contributed by atoms with Crippen molar-refractivity contribution in [1.82, 2.24) is 5.01 Å². The highest BCUT2D eigenvalue weighted by Crippen LogP contribution is 2.44. The second kappa shape index (κ2) is 7.06. The van der Waals surface area contributed by atoms with E-state index in [4.69, 9.17) is 0 Å². The number of benzene rings is 1. The number of methoxy groups -OCH3 is 1. The molecular formula is C17H14F3N3O4S. The van der Waals surface area contributed by atoms with Crippen molar-refractivity contribution in [3.63, 3.8) is 0 Å². The number of carbonyl (C=O) groups is 2. The Balaban J connectivity index is 1.99. The number of alkyl halides is 3. The average Bonchev–Trinajstić information content (AvgIpc) is 3.16. The van der Waals surface area contributed by atoms with Crippen molar-refractivity contribution in [2.24, 2.45) is 10.1 Å². The van der Waals surface area contributed by atoms with Gasteiger partial charge in [-0.15, -0.1) is 0 Å². The Hall–Kier alpha value is -2.66. The number of esters is 1. The van der Waals surface area contributed by atoms with E-state index in [1.165, 1.54) is 0 Å². The SMILES string of the molecule is COC(=O)C=C1SC(N2N=C(c3ccc(C)cc3)CC2(O)C(F)(F)F)=NC1=O. The zero-order valence-electron chi connectivity index (χ0n) is 14.6. The molecule has 0 radical (unpaired) electrons. The van der Waals surface area contributed by atoms with E-state index in [-0.39, 0.29) is 15.6 Å². The molecule has 0 fully saturated rings. The predicted octanol–water partition coefficient (Wildman–Crippen LogP) is 2.34. The number of halogens is 3. The van der Waals surface area contributed by atoms with Gasteiger partial charge in [0, 0.05) is 6.08 Å². The molecule has 11 heteroatoms. The summed E-state index contributed by atoms with van der Waals surface area (Å²) in [6.45, 7) is 1.82. The van der Waals surface area contributed by atoms with Crippen LogP contribution in [0.15, 0.2) is 45.3 Å². The van der Waals surface area contributed by atoms with Crippen LogP contribution in [0.1, 0.15) is 17.5 Å². The summed E-state index contributed by atoms with van der Waals surface area (Å²) in [5.41, 5.74) is -2.08. The van der Waals surface area contributed by atoms with Crippen LogP contribution < -0.4 is 0 Å². The molecule has 1 aromatic rings. The summed E-state index contributed by atoms with van der Waals surface area (Å²) in [5.74, 6) is -1.78. The van der Waals surface area contributed by atoms with Crippen LogP contribution in [0.2, 0.25) is 0 Å². The Bertz CT molecular complexity index is 925. The second-order valence-corrected chi connectivity index (χ2v) is 7.06. The molecule has 3 rings (SSSR count). The first kappa shape index (κ1) is 20.1. The van der Waals surface area contributed by atoms with Crippen molar-refractivity contribution in [3.05, 3.63) is 46.4 Å². The van der Waals surface area contributed by atoms with Gasteiger partial charge in [-0.25, -0.2) is 4.79 Å². The molecule has 0 aromatic heterocycles. The Morgan fingerprint density at radius 1 is 1.36 bits per heavy atom. The lowest BCUT2D eigenvalue weighted by Gasteiger charge is -2.33. The van der Waals surface area contributed by atoms with Crippen molar-refractivity contribution in [1.29, 1.82) is 0 Å². The molecule has 0 aliphatic carbocycles. The lowest BCUT2D eigenvalue weighted by molar-refractivity contribution is -0.294. The number of aliphatic imine (C=N–C) groups is 1. The molecular weight excluding hydrogens is 399 g/mol. The van der Waals surface area contributed by atoms with Gasteiger partial charge in [0.05, 0.1) is 24.1 Å². The number of aliphatic hydroxyl groups is 1. The van der Waals surface area contributed by atoms with Crippen LogP contribution in [0.4, 0.5) is 13.2 Å². The lowest BCUT2D eigenvalue weighted by atomic mass is 10.0. The molecule has 1 aromatic carbocycles. The van der Waals surface area contributed by atoms with Gasteiger partial charge >= 0.3 is 12.1 Å². The number of carbonyl (C=O) groups excluding carboxylic acids is 2. The van der Waals surface area contributed by atoms with Crippen LogP contribution in [-0.4, -0.2) is 51.9 Å². The molecule has 0 saturated carbocycles. The molecule has 148 valence electrons. The quantitative estimate of drug-likeness (QED) is 0.591. The number of amidine groups is 1. The highest BCUT2D eigenvalue weighted by molar-refractivity contribution is 8.18. The van der Waals surface area contributed by atoms with Gasteiger partial charge in [0.2, 0.25) is 0 Å². The fraction of sp³-hybridized carbons (Fsp3) is 0.294. The topological polar surface area (TPSA) is 91.6 Å². The Labute approximate surface area is 161 Å². The highest BCUT2D eigenvalue weighted by atomic mass is 32.2. The average molecular weight is 413 g/mol. The summed E-state index contributed by atoms with van der Waals surface area (Å²) in [4.78, 5) is 26.5. The summed E-state index contributed by atoms with van der Waals surface area (Å²) >= 11 is 0.497. The smallest absolute Gasteiger partial charge is 0.438 e. The van der Waals surface area contributed by atoms with E-state index >= 15 is 0 Å². The zero-order chi connectivity index (χ0) is 20.7. The monoisotopic (exact) mass is 413 g/mol. The first-order valence-corrected chi connectivity index (χ1v) is 8.71. The maximum Gasteiger partial charge on any atom is 0.438 e. The second-order valence-electron chi connectivity index (χ2n) is 6.05.